The molecule has 3 aromatic heterocycles. The largest absolute Gasteiger partial charge is 0.464 e. The van der Waals surface area contributed by atoms with Crippen molar-refractivity contribution in [3.05, 3.63) is 47.9 Å². The Bertz CT molecular complexity index is 1330. The maximum Gasteiger partial charge on any atom is 0.412 e. The zero-order valence-corrected chi connectivity index (χ0v) is 21.0. The Labute approximate surface area is 206 Å². The number of aromatic nitrogens is 4. The molecule has 192 valence electrons. The van der Waals surface area contributed by atoms with Crippen LogP contribution in [0.25, 0.3) is 0 Å². The fourth-order valence-corrected chi connectivity index (χ4v) is 3.23. The standard InChI is InChI=1S/C23H28N6O7/c1-23(2,3)36-22(33)24-13-8-15(27(4)10-13)19(30)26-17-12-29(6)18(25-17)21(32)35-14-9-16(20(31)34-7)28(5)11-14/h8-12H,1-7H3,(H,24,33)(H,26,30). The Morgan fingerprint density at radius 3 is 2.17 bits per heavy atom. The predicted octanol–water partition coefficient (Wildman–Crippen LogP) is 2.70. The molecule has 13 nitrogen and oxygen atoms in total. The van der Waals surface area contributed by atoms with Crippen LogP contribution in [0.5, 0.6) is 5.75 Å². The van der Waals surface area contributed by atoms with Crippen LogP contribution in [0.15, 0.2) is 30.7 Å². The normalized spacial score (nSPS) is 11.1. The smallest absolute Gasteiger partial charge is 0.412 e. The molecule has 0 bridgehead atoms. The first-order valence-electron chi connectivity index (χ1n) is 10.8. The number of nitrogens with zero attached hydrogens (tertiary/aromatic N) is 4. The number of esters is 2. The van der Waals surface area contributed by atoms with Crippen molar-refractivity contribution in [2.24, 2.45) is 21.1 Å². The van der Waals surface area contributed by atoms with Crippen molar-refractivity contribution in [1.82, 2.24) is 18.7 Å². The van der Waals surface area contributed by atoms with Gasteiger partial charge in [-0.2, -0.15) is 0 Å². The summed E-state index contributed by atoms with van der Waals surface area (Å²) in [5.41, 5.74) is 0.143. The van der Waals surface area contributed by atoms with Crippen molar-refractivity contribution in [2.45, 2.75) is 26.4 Å². The van der Waals surface area contributed by atoms with Crippen LogP contribution in [-0.4, -0.2) is 55.3 Å². The van der Waals surface area contributed by atoms with Crippen molar-refractivity contribution in [1.29, 1.82) is 0 Å². The Balaban J connectivity index is 1.68. The summed E-state index contributed by atoms with van der Waals surface area (Å²) in [6, 6.07) is 2.85. The second-order valence-corrected chi connectivity index (χ2v) is 8.92. The van der Waals surface area contributed by atoms with Gasteiger partial charge in [-0.3, -0.25) is 10.1 Å². The topological polar surface area (TPSA) is 148 Å². The van der Waals surface area contributed by atoms with Crippen molar-refractivity contribution < 1.29 is 33.4 Å². The van der Waals surface area contributed by atoms with Crippen LogP contribution < -0.4 is 15.4 Å². The fraction of sp³-hybridized carbons (Fsp3) is 0.348. The Hall–Kier alpha value is -4.55. The van der Waals surface area contributed by atoms with Gasteiger partial charge in [0.2, 0.25) is 5.82 Å². The molecule has 0 aliphatic heterocycles. The van der Waals surface area contributed by atoms with Gasteiger partial charge >= 0.3 is 18.0 Å². The van der Waals surface area contributed by atoms with E-state index in [0.29, 0.717) is 5.69 Å². The first-order valence-corrected chi connectivity index (χ1v) is 10.8. The number of carbonyl (C=O) groups is 4. The van der Waals surface area contributed by atoms with E-state index in [1.54, 1.807) is 48.1 Å². The van der Waals surface area contributed by atoms with Gasteiger partial charge in [-0.1, -0.05) is 0 Å². The van der Waals surface area contributed by atoms with E-state index in [4.69, 9.17) is 9.47 Å². The minimum Gasteiger partial charge on any atom is -0.464 e. The average Bonchev–Trinajstić information content (AvgIpc) is 3.42. The quantitative estimate of drug-likeness (QED) is 0.491. The highest BCUT2D eigenvalue weighted by Crippen LogP contribution is 2.20. The van der Waals surface area contributed by atoms with Crippen molar-refractivity contribution in [3.63, 3.8) is 0 Å². The van der Waals surface area contributed by atoms with Crippen LogP contribution in [0, 0.1) is 0 Å². The highest BCUT2D eigenvalue weighted by molar-refractivity contribution is 6.04. The first-order chi connectivity index (χ1) is 16.8. The fourth-order valence-electron chi connectivity index (χ4n) is 3.23. The minimum atomic E-state index is -0.789. The number of aryl methyl sites for hydroxylation is 3. The molecule has 0 saturated heterocycles. The Morgan fingerprint density at radius 2 is 1.53 bits per heavy atom. The van der Waals surface area contributed by atoms with Gasteiger partial charge in [-0.25, -0.2) is 19.4 Å². The van der Waals surface area contributed by atoms with Gasteiger partial charge in [0.1, 0.15) is 22.7 Å². The van der Waals surface area contributed by atoms with Gasteiger partial charge in [0, 0.05) is 45.8 Å². The predicted molar refractivity (Wildman–Crippen MR) is 128 cm³/mol. The van der Waals surface area contributed by atoms with E-state index in [1.807, 2.05) is 0 Å². The number of methoxy groups -OCH3 is 1. The number of hydrogen-bond donors (Lipinski definition) is 2. The third kappa shape index (κ3) is 6.11. The molecule has 0 radical (unpaired) electrons. The number of imidazole rings is 1. The second-order valence-electron chi connectivity index (χ2n) is 8.92. The SMILES string of the molecule is COC(=O)c1cc(OC(=O)c2nc(NC(=O)c3cc(NC(=O)OC(C)(C)C)cn3C)cn2C)cn1C. The van der Waals surface area contributed by atoms with E-state index >= 15 is 0 Å². The van der Waals surface area contributed by atoms with Crippen LogP contribution in [0.4, 0.5) is 16.3 Å². The maximum atomic E-state index is 12.8. The summed E-state index contributed by atoms with van der Waals surface area (Å²) in [4.78, 5) is 53.3. The van der Waals surface area contributed by atoms with Crippen LogP contribution in [0.1, 0.15) is 52.4 Å². The molecular weight excluding hydrogens is 472 g/mol. The van der Waals surface area contributed by atoms with Gasteiger partial charge in [-0.15, -0.1) is 0 Å². The summed E-state index contributed by atoms with van der Waals surface area (Å²) >= 11 is 0. The van der Waals surface area contributed by atoms with Gasteiger partial charge in [-0.05, 0) is 26.8 Å². The van der Waals surface area contributed by atoms with Crippen LogP contribution in [-0.2, 0) is 30.6 Å². The van der Waals surface area contributed by atoms with Gasteiger partial charge in [0.15, 0.2) is 5.82 Å². The van der Waals surface area contributed by atoms with E-state index in [-0.39, 0.29) is 28.8 Å². The molecule has 2 amide bonds. The van der Waals surface area contributed by atoms with Crippen molar-refractivity contribution >= 4 is 35.4 Å². The van der Waals surface area contributed by atoms with Crippen LogP contribution in [0.2, 0.25) is 0 Å². The lowest BCUT2D eigenvalue weighted by atomic mass is 10.2. The number of amides is 2. The van der Waals surface area contributed by atoms with E-state index < -0.39 is 29.5 Å². The van der Waals surface area contributed by atoms with Gasteiger partial charge in [0.05, 0.1) is 12.8 Å². The molecule has 36 heavy (non-hydrogen) atoms. The number of ether oxygens (including phenoxy) is 3. The molecule has 0 unspecified atom stereocenters. The molecule has 0 saturated carbocycles. The molecule has 0 aliphatic carbocycles. The summed E-state index contributed by atoms with van der Waals surface area (Å²) in [5, 5.41) is 5.18. The zero-order valence-electron chi connectivity index (χ0n) is 21.0. The molecule has 3 heterocycles. The highest BCUT2D eigenvalue weighted by Gasteiger charge is 2.22. The maximum absolute atomic E-state index is 12.8. The first kappa shape index (κ1) is 26.1. The average molecular weight is 501 g/mol. The van der Waals surface area contributed by atoms with Crippen molar-refractivity contribution in [2.75, 3.05) is 17.7 Å². The monoisotopic (exact) mass is 500 g/mol. The lowest BCUT2D eigenvalue weighted by Crippen LogP contribution is -2.27. The molecule has 0 fully saturated rings. The van der Waals surface area contributed by atoms with Crippen LogP contribution in [0.3, 0.4) is 0 Å². The van der Waals surface area contributed by atoms with E-state index in [2.05, 4.69) is 20.4 Å². The highest BCUT2D eigenvalue weighted by atomic mass is 16.6. The number of carbonyl (C=O) groups excluding carboxylic acids is 4. The molecule has 0 aliphatic rings. The van der Waals surface area contributed by atoms with E-state index in [9.17, 15) is 19.2 Å². The molecular formula is C23H28N6O7. The molecule has 0 spiro atoms. The summed E-state index contributed by atoms with van der Waals surface area (Å²) in [5.74, 6) is -1.72. The molecule has 0 aromatic carbocycles. The lowest BCUT2D eigenvalue weighted by molar-refractivity contribution is 0.0586. The zero-order chi connectivity index (χ0) is 26.8. The Morgan fingerprint density at radius 1 is 0.861 bits per heavy atom. The van der Waals surface area contributed by atoms with Gasteiger partial charge < -0.3 is 33.2 Å². The van der Waals surface area contributed by atoms with E-state index in [0.717, 1.165) is 0 Å². The van der Waals surface area contributed by atoms with E-state index in [1.165, 1.54) is 45.3 Å². The van der Waals surface area contributed by atoms with Crippen LogP contribution >= 0.6 is 0 Å². The molecule has 3 aromatic rings. The molecule has 13 heteroatoms. The molecule has 3 rings (SSSR count). The number of rotatable bonds is 6. The van der Waals surface area contributed by atoms with Gasteiger partial charge in [0.25, 0.3) is 5.91 Å². The third-order valence-electron chi connectivity index (χ3n) is 4.77. The summed E-state index contributed by atoms with van der Waals surface area (Å²) in [7, 11) is 6.06. The van der Waals surface area contributed by atoms with Crippen molar-refractivity contribution in [3.8, 4) is 5.75 Å². The Kier molecular flexibility index (Phi) is 7.22. The number of hydrogen-bond acceptors (Lipinski definition) is 8. The summed E-state index contributed by atoms with van der Waals surface area (Å²) < 4.78 is 19.6. The lowest BCUT2D eigenvalue weighted by Gasteiger charge is -2.19. The number of anilines is 2. The molecule has 0 atom stereocenters. The third-order valence-corrected chi connectivity index (χ3v) is 4.77. The summed E-state index contributed by atoms with van der Waals surface area (Å²) in [6.45, 7) is 5.23. The second kappa shape index (κ2) is 9.98. The minimum absolute atomic E-state index is 0.0760. The summed E-state index contributed by atoms with van der Waals surface area (Å²) in [6.07, 6.45) is 3.81. The molecule has 2 N–H and O–H groups in total. The number of nitrogens with one attached hydrogen (secondary N) is 2.